The summed E-state index contributed by atoms with van der Waals surface area (Å²) in [5, 5.41) is 0. The van der Waals surface area contributed by atoms with E-state index >= 15 is 0 Å². The number of hydrogen-bond acceptors (Lipinski definition) is 6. The average Bonchev–Trinajstić information content (AvgIpc) is 3.27. The Kier molecular flexibility index (Phi) is 45.7. The summed E-state index contributed by atoms with van der Waals surface area (Å²) in [6, 6.07) is 0. The van der Waals surface area contributed by atoms with Crippen LogP contribution in [0.2, 0.25) is 0 Å². The first kappa shape index (κ1) is 57.5. The lowest BCUT2D eigenvalue weighted by molar-refractivity contribution is -0.167. The number of carbonyl (C=O) groups is 3. The van der Waals surface area contributed by atoms with Gasteiger partial charge in [-0.15, -0.1) is 0 Å². The molecule has 0 aromatic rings. The third-order valence-electron chi connectivity index (χ3n) is 9.44. The van der Waals surface area contributed by atoms with Crippen LogP contribution < -0.4 is 0 Å². The maximum absolute atomic E-state index is 12.8. The minimum absolute atomic E-state index is 0.121. The maximum atomic E-state index is 12.8. The number of ether oxygens (including phenoxy) is 3. The molecule has 0 heterocycles. The zero-order chi connectivity index (χ0) is 45.1. The van der Waals surface area contributed by atoms with Gasteiger partial charge >= 0.3 is 17.9 Å². The van der Waals surface area contributed by atoms with Gasteiger partial charge in [0.25, 0.3) is 0 Å². The van der Waals surface area contributed by atoms with Crippen LogP contribution in [-0.2, 0) is 28.6 Å². The standard InChI is InChI=1S/C56H86O6/c1-4-7-10-13-16-19-22-25-27-28-29-32-34-37-40-43-46-49-55(58)61-52-53(51-60-54(57)48-45-42-39-36-33-30-24-21-18-15-12-9-6-3)62-56(59)50-47-44-41-38-35-31-26-23-20-17-14-11-8-5-2/h7-12,15-21,24-27,29,31-32,37,40,53H,4-6,13-14,22-23,28,30,33-36,38-39,41-52H2,1-3H3/b10-7-,11-8-,12-9-,18-15-,19-16-,20-17-,24-21-,27-25-,31-26-,32-29-,40-37-. The molecule has 1 atom stereocenters. The molecule has 0 saturated carbocycles. The van der Waals surface area contributed by atoms with Crippen molar-refractivity contribution in [2.24, 2.45) is 0 Å². The molecule has 0 bridgehead atoms. The van der Waals surface area contributed by atoms with Gasteiger partial charge in [0.05, 0.1) is 0 Å². The quantitative estimate of drug-likeness (QED) is 0.0200. The Morgan fingerprint density at radius 1 is 0.339 bits per heavy atom. The summed E-state index contributed by atoms with van der Waals surface area (Å²) < 4.78 is 16.7. The van der Waals surface area contributed by atoms with E-state index in [4.69, 9.17) is 14.2 Å². The molecule has 0 rings (SSSR count). The Morgan fingerprint density at radius 3 is 1.15 bits per heavy atom. The van der Waals surface area contributed by atoms with Crippen molar-refractivity contribution >= 4 is 17.9 Å². The fourth-order valence-electron chi connectivity index (χ4n) is 5.90. The van der Waals surface area contributed by atoms with Gasteiger partial charge in [0.1, 0.15) is 13.2 Å². The molecule has 0 amide bonds. The summed E-state index contributed by atoms with van der Waals surface area (Å²) in [7, 11) is 0. The lowest BCUT2D eigenvalue weighted by Gasteiger charge is -2.18. The lowest BCUT2D eigenvalue weighted by atomic mass is 10.1. The molecular weight excluding hydrogens is 769 g/mol. The first-order chi connectivity index (χ1) is 30.5. The first-order valence-corrected chi connectivity index (χ1v) is 24.2. The summed E-state index contributed by atoms with van der Waals surface area (Å²) in [6.45, 7) is 6.16. The normalized spacial score (nSPS) is 13.3. The van der Waals surface area contributed by atoms with E-state index < -0.39 is 6.10 Å². The van der Waals surface area contributed by atoms with Gasteiger partial charge in [-0.25, -0.2) is 0 Å². The van der Waals surface area contributed by atoms with Gasteiger partial charge < -0.3 is 14.2 Å². The Morgan fingerprint density at radius 2 is 0.677 bits per heavy atom. The summed E-state index contributed by atoms with van der Waals surface area (Å²) in [5.41, 5.74) is 0. The van der Waals surface area contributed by atoms with Crippen LogP contribution in [0.15, 0.2) is 134 Å². The van der Waals surface area contributed by atoms with Gasteiger partial charge in [0.15, 0.2) is 6.10 Å². The molecule has 6 nitrogen and oxygen atoms in total. The van der Waals surface area contributed by atoms with E-state index in [0.717, 1.165) is 135 Å². The monoisotopic (exact) mass is 855 g/mol. The number of unbranched alkanes of at least 4 members (excludes halogenated alkanes) is 10. The van der Waals surface area contributed by atoms with Crippen LogP contribution in [0, 0.1) is 0 Å². The van der Waals surface area contributed by atoms with E-state index in [1.54, 1.807) is 0 Å². The van der Waals surface area contributed by atoms with Gasteiger partial charge in [-0.05, 0) is 109 Å². The second-order valence-electron chi connectivity index (χ2n) is 15.3. The second kappa shape index (κ2) is 49.2. The highest BCUT2D eigenvalue weighted by molar-refractivity contribution is 5.71. The topological polar surface area (TPSA) is 78.9 Å². The highest BCUT2D eigenvalue weighted by Crippen LogP contribution is 2.11. The molecule has 0 aliphatic carbocycles. The van der Waals surface area contributed by atoms with Crippen LogP contribution in [-0.4, -0.2) is 37.2 Å². The van der Waals surface area contributed by atoms with Crippen molar-refractivity contribution in [3.8, 4) is 0 Å². The molecule has 1 unspecified atom stereocenters. The highest BCUT2D eigenvalue weighted by atomic mass is 16.6. The van der Waals surface area contributed by atoms with Gasteiger partial charge in [-0.3, -0.25) is 14.4 Å². The Hall–Kier alpha value is -4.45. The lowest BCUT2D eigenvalue weighted by Crippen LogP contribution is -2.30. The first-order valence-electron chi connectivity index (χ1n) is 24.2. The van der Waals surface area contributed by atoms with Crippen molar-refractivity contribution in [3.63, 3.8) is 0 Å². The van der Waals surface area contributed by atoms with E-state index in [1.807, 2.05) is 6.08 Å². The fourth-order valence-corrected chi connectivity index (χ4v) is 5.90. The number of hydrogen-bond donors (Lipinski definition) is 0. The smallest absolute Gasteiger partial charge is 0.306 e. The number of carbonyl (C=O) groups excluding carboxylic acids is 3. The summed E-state index contributed by atoms with van der Waals surface area (Å²) in [6.07, 6.45) is 68.7. The van der Waals surface area contributed by atoms with Crippen LogP contribution in [0.25, 0.3) is 0 Å². The van der Waals surface area contributed by atoms with Crippen LogP contribution in [0.4, 0.5) is 0 Å². The molecule has 0 fully saturated rings. The van der Waals surface area contributed by atoms with Crippen molar-refractivity contribution in [1.82, 2.24) is 0 Å². The van der Waals surface area contributed by atoms with Crippen molar-refractivity contribution in [2.45, 2.75) is 187 Å². The molecule has 0 aliphatic rings. The second-order valence-corrected chi connectivity index (χ2v) is 15.3. The maximum Gasteiger partial charge on any atom is 0.306 e. The van der Waals surface area contributed by atoms with E-state index in [1.165, 1.54) is 0 Å². The molecule has 0 aliphatic heterocycles. The van der Waals surface area contributed by atoms with Crippen molar-refractivity contribution in [1.29, 1.82) is 0 Å². The average molecular weight is 855 g/mol. The van der Waals surface area contributed by atoms with Gasteiger partial charge in [0, 0.05) is 19.3 Å². The molecule has 0 N–H and O–H groups in total. The summed E-state index contributed by atoms with van der Waals surface area (Å²) in [5.74, 6) is -1.04. The molecule has 0 aromatic heterocycles. The molecular formula is C56H86O6. The SMILES string of the molecule is CC\C=C/C=C\C=C/CCCCCCCC(=O)OCC(COC(=O)CCC/C=C\C/C=C\C/C=C\C/C=C\C/C=C\CC)OC(=O)CCCCCC/C=C\C/C=C\C/C=C\CC. The molecule has 0 saturated heterocycles. The Labute approximate surface area is 379 Å². The van der Waals surface area contributed by atoms with Gasteiger partial charge in [-0.1, -0.05) is 187 Å². The molecule has 6 heteroatoms. The Bertz CT molecular complexity index is 1400. The minimum Gasteiger partial charge on any atom is -0.462 e. The number of allylic oxidation sites excluding steroid dienone is 22. The Balaban J connectivity index is 4.57. The molecule has 62 heavy (non-hydrogen) atoms. The molecule has 0 radical (unpaired) electrons. The van der Waals surface area contributed by atoms with Gasteiger partial charge in [-0.2, -0.15) is 0 Å². The van der Waals surface area contributed by atoms with Crippen LogP contribution in [0.1, 0.15) is 181 Å². The van der Waals surface area contributed by atoms with Crippen molar-refractivity contribution < 1.29 is 28.6 Å². The van der Waals surface area contributed by atoms with E-state index in [-0.39, 0.29) is 44.0 Å². The summed E-state index contributed by atoms with van der Waals surface area (Å²) >= 11 is 0. The predicted octanol–water partition coefficient (Wildman–Crippen LogP) is 15.9. The van der Waals surface area contributed by atoms with Gasteiger partial charge in [0.2, 0.25) is 0 Å². The predicted molar refractivity (Wildman–Crippen MR) is 265 cm³/mol. The third-order valence-corrected chi connectivity index (χ3v) is 9.44. The zero-order valence-electron chi connectivity index (χ0n) is 39.3. The molecule has 346 valence electrons. The van der Waals surface area contributed by atoms with E-state index in [2.05, 4.69) is 148 Å². The van der Waals surface area contributed by atoms with E-state index in [9.17, 15) is 14.4 Å². The van der Waals surface area contributed by atoms with E-state index in [0.29, 0.717) is 12.8 Å². The van der Waals surface area contributed by atoms with Crippen LogP contribution >= 0.6 is 0 Å². The van der Waals surface area contributed by atoms with Crippen molar-refractivity contribution in [3.05, 3.63) is 134 Å². The highest BCUT2D eigenvalue weighted by Gasteiger charge is 2.19. The number of rotatable bonds is 41. The van der Waals surface area contributed by atoms with Crippen LogP contribution in [0.5, 0.6) is 0 Å². The molecule has 0 spiro atoms. The fraction of sp³-hybridized carbons (Fsp3) is 0.554. The largest absolute Gasteiger partial charge is 0.462 e. The van der Waals surface area contributed by atoms with Crippen LogP contribution in [0.3, 0.4) is 0 Å². The third kappa shape index (κ3) is 46.6. The molecule has 0 aromatic carbocycles. The van der Waals surface area contributed by atoms with Crippen molar-refractivity contribution in [2.75, 3.05) is 13.2 Å². The minimum atomic E-state index is -0.825. The summed E-state index contributed by atoms with van der Waals surface area (Å²) in [4.78, 5) is 37.9. The zero-order valence-corrected chi connectivity index (χ0v) is 39.3. The number of esters is 3.